The Labute approximate surface area is 88.4 Å². The monoisotopic (exact) mass is 257 g/mol. The fourth-order valence-corrected chi connectivity index (χ4v) is 2.76. The summed E-state index contributed by atoms with van der Waals surface area (Å²) < 4.78 is 0.964. The quantitative estimate of drug-likeness (QED) is 0.853. The van der Waals surface area contributed by atoms with Crippen molar-refractivity contribution in [2.75, 3.05) is 0 Å². The molecule has 2 heterocycles. The first-order valence-corrected chi connectivity index (χ1v) is 5.50. The van der Waals surface area contributed by atoms with Gasteiger partial charge in [0.25, 0.3) is 0 Å². The molecule has 0 bridgehead atoms. The van der Waals surface area contributed by atoms with Gasteiger partial charge in [-0.15, -0.1) is 11.3 Å². The molecule has 0 fully saturated rings. The highest BCUT2D eigenvalue weighted by molar-refractivity contribution is 9.10. The Hall–Kier alpha value is -0.580. The van der Waals surface area contributed by atoms with Gasteiger partial charge in [-0.05, 0) is 33.4 Å². The van der Waals surface area contributed by atoms with Crippen LogP contribution in [0.5, 0.6) is 0 Å². The summed E-state index contributed by atoms with van der Waals surface area (Å²) in [5, 5.41) is 11.9. The third kappa shape index (κ3) is 1.70. The summed E-state index contributed by atoms with van der Waals surface area (Å²) in [6.07, 6.45) is 3.08. The van der Waals surface area contributed by atoms with Crippen molar-refractivity contribution in [3.8, 4) is 0 Å². The van der Waals surface area contributed by atoms with E-state index in [1.807, 2.05) is 17.5 Å². The van der Waals surface area contributed by atoms with Crippen LogP contribution in [0.15, 0.2) is 34.4 Å². The summed E-state index contributed by atoms with van der Waals surface area (Å²) in [5.74, 6) is 0. The van der Waals surface area contributed by atoms with Crippen LogP contribution in [0.2, 0.25) is 0 Å². The molecule has 2 aromatic rings. The molecule has 0 aromatic carbocycles. The van der Waals surface area contributed by atoms with E-state index in [4.69, 9.17) is 0 Å². The maximum Gasteiger partial charge on any atom is 0.116 e. The molecule has 0 aliphatic rings. The topological polar surface area (TPSA) is 36.0 Å². The highest BCUT2D eigenvalue weighted by atomic mass is 79.9. The molecule has 0 saturated carbocycles. The van der Waals surface area contributed by atoms with Gasteiger partial charge in [-0.2, -0.15) is 0 Å². The van der Waals surface area contributed by atoms with E-state index in [-0.39, 0.29) is 0 Å². The molecule has 13 heavy (non-hydrogen) atoms. The molecule has 1 unspecified atom stereocenters. The number of rotatable bonds is 2. The Morgan fingerprint density at radius 2 is 2.31 bits per heavy atom. The second kappa shape index (κ2) is 3.65. The first-order valence-electron chi connectivity index (χ1n) is 3.82. The van der Waals surface area contributed by atoms with Gasteiger partial charge in [0.1, 0.15) is 6.10 Å². The molecule has 0 saturated heterocycles. The summed E-state index contributed by atoms with van der Waals surface area (Å²) in [4.78, 5) is 3.87. The van der Waals surface area contributed by atoms with E-state index in [0.29, 0.717) is 0 Å². The average molecular weight is 258 g/mol. The molecule has 1 atom stereocenters. The summed E-state index contributed by atoms with van der Waals surface area (Å²) in [6.45, 7) is 0. The molecular formula is C9H8BrNOS. The zero-order chi connectivity index (χ0) is 9.26. The minimum Gasteiger partial charge on any atom is -0.383 e. The van der Waals surface area contributed by atoms with Crippen molar-refractivity contribution in [3.63, 3.8) is 0 Å². The summed E-state index contributed by atoms with van der Waals surface area (Å²) >= 11 is 4.94. The fourth-order valence-electron chi connectivity index (χ4n) is 1.16. The molecular weight excluding hydrogens is 250 g/mol. The lowest BCUT2D eigenvalue weighted by Crippen LogP contribution is -1.95. The predicted octanol–water partition coefficient (Wildman–Crippen LogP) is 2.92. The van der Waals surface area contributed by atoms with Gasteiger partial charge < -0.3 is 10.1 Å². The van der Waals surface area contributed by atoms with Crippen LogP contribution in [0.1, 0.15) is 16.5 Å². The van der Waals surface area contributed by atoms with Crippen LogP contribution in [0.25, 0.3) is 0 Å². The normalized spacial score (nSPS) is 13.1. The molecule has 2 nitrogen and oxygen atoms in total. The van der Waals surface area contributed by atoms with Crippen LogP contribution in [0.4, 0.5) is 0 Å². The van der Waals surface area contributed by atoms with Gasteiger partial charge in [-0.3, -0.25) is 0 Å². The van der Waals surface area contributed by atoms with Gasteiger partial charge in [0.05, 0.1) is 4.88 Å². The third-order valence-electron chi connectivity index (χ3n) is 1.83. The minimum absolute atomic E-state index is 0.527. The van der Waals surface area contributed by atoms with Gasteiger partial charge in [0.15, 0.2) is 0 Å². The number of H-pyrrole nitrogens is 1. The number of aromatic amines is 1. The maximum absolute atomic E-state index is 9.91. The minimum atomic E-state index is -0.527. The van der Waals surface area contributed by atoms with Crippen molar-refractivity contribution >= 4 is 27.3 Å². The number of halogens is 1. The number of aliphatic hydroxyl groups is 1. The summed E-state index contributed by atoms with van der Waals surface area (Å²) in [6, 6.07) is 3.81. The van der Waals surface area contributed by atoms with E-state index in [9.17, 15) is 5.11 Å². The first kappa shape index (κ1) is 8.99. The average Bonchev–Trinajstić information content (AvgIpc) is 2.72. The molecule has 2 aromatic heterocycles. The summed E-state index contributed by atoms with van der Waals surface area (Å²) in [7, 11) is 0. The van der Waals surface area contributed by atoms with Gasteiger partial charge in [0, 0.05) is 22.4 Å². The van der Waals surface area contributed by atoms with Gasteiger partial charge in [-0.25, -0.2) is 0 Å². The lowest BCUT2D eigenvalue weighted by atomic mass is 10.2. The molecule has 0 aliphatic heterocycles. The Balaban J connectivity index is 2.33. The molecule has 0 spiro atoms. The largest absolute Gasteiger partial charge is 0.383 e. The second-order valence-electron chi connectivity index (χ2n) is 2.68. The molecule has 0 aliphatic carbocycles. The molecule has 68 valence electrons. The van der Waals surface area contributed by atoms with Crippen LogP contribution in [0, 0.1) is 0 Å². The highest BCUT2D eigenvalue weighted by Gasteiger charge is 2.14. The van der Waals surface area contributed by atoms with Crippen molar-refractivity contribution in [3.05, 3.63) is 44.8 Å². The van der Waals surface area contributed by atoms with Crippen molar-refractivity contribution < 1.29 is 5.11 Å². The molecule has 4 heteroatoms. The Bertz CT molecular complexity index is 382. The van der Waals surface area contributed by atoms with E-state index >= 15 is 0 Å². The summed E-state index contributed by atoms with van der Waals surface area (Å²) in [5.41, 5.74) is 0.892. The number of nitrogens with one attached hydrogen (secondary N) is 1. The third-order valence-corrected chi connectivity index (χ3v) is 3.75. The van der Waals surface area contributed by atoms with Gasteiger partial charge in [0.2, 0.25) is 0 Å². The van der Waals surface area contributed by atoms with Crippen molar-refractivity contribution in [2.45, 2.75) is 6.10 Å². The SMILES string of the molecule is OC(c1cc[nH]c1)c1sccc1Br. The Morgan fingerprint density at radius 1 is 1.46 bits per heavy atom. The Kier molecular flexibility index (Phi) is 2.53. The van der Waals surface area contributed by atoms with E-state index in [2.05, 4.69) is 20.9 Å². The van der Waals surface area contributed by atoms with Gasteiger partial charge >= 0.3 is 0 Å². The van der Waals surface area contributed by atoms with Crippen molar-refractivity contribution in [2.24, 2.45) is 0 Å². The molecule has 2 rings (SSSR count). The maximum atomic E-state index is 9.91. The predicted molar refractivity (Wildman–Crippen MR) is 56.9 cm³/mol. The fraction of sp³-hybridized carbons (Fsp3) is 0.111. The number of aromatic nitrogens is 1. The van der Waals surface area contributed by atoms with Crippen LogP contribution in [-0.2, 0) is 0 Å². The number of hydrogen-bond donors (Lipinski definition) is 2. The van der Waals surface area contributed by atoms with E-state index in [0.717, 1.165) is 14.9 Å². The lowest BCUT2D eigenvalue weighted by Gasteiger charge is -2.06. The van der Waals surface area contributed by atoms with Gasteiger partial charge in [-0.1, -0.05) is 0 Å². The zero-order valence-corrected chi connectivity index (χ0v) is 9.10. The first-order chi connectivity index (χ1) is 6.29. The standard InChI is InChI=1S/C9H8BrNOS/c10-7-2-4-13-9(7)8(12)6-1-3-11-5-6/h1-5,8,11-12H. The molecule has 0 radical (unpaired) electrons. The van der Waals surface area contributed by atoms with E-state index in [1.165, 1.54) is 0 Å². The molecule has 2 N–H and O–H groups in total. The van der Waals surface area contributed by atoms with Crippen LogP contribution < -0.4 is 0 Å². The number of thiophene rings is 1. The lowest BCUT2D eigenvalue weighted by molar-refractivity contribution is 0.223. The van der Waals surface area contributed by atoms with E-state index in [1.54, 1.807) is 23.7 Å². The zero-order valence-electron chi connectivity index (χ0n) is 6.70. The highest BCUT2D eigenvalue weighted by Crippen LogP contribution is 2.32. The Morgan fingerprint density at radius 3 is 2.85 bits per heavy atom. The van der Waals surface area contributed by atoms with E-state index < -0.39 is 6.10 Å². The van der Waals surface area contributed by atoms with Crippen molar-refractivity contribution in [1.82, 2.24) is 4.98 Å². The van der Waals surface area contributed by atoms with Crippen molar-refractivity contribution in [1.29, 1.82) is 0 Å². The second-order valence-corrected chi connectivity index (χ2v) is 4.48. The number of aliphatic hydroxyl groups excluding tert-OH is 1. The smallest absolute Gasteiger partial charge is 0.116 e. The van der Waals surface area contributed by atoms with Crippen LogP contribution in [0.3, 0.4) is 0 Å². The van der Waals surface area contributed by atoms with Crippen LogP contribution >= 0.6 is 27.3 Å². The number of hydrogen-bond acceptors (Lipinski definition) is 2. The molecule has 0 amide bonds. The van der Waals surface area contributed by atoms with Crippen LogP contribution in [-0.4, -0.2) is 10.1 Å².